The van der Waals surface area contributed by atoms with Gasteiger partial charge < -0.3 is 14.7 Å². The molecule has 2 aromatic heterocycles. The third kappa shape index (κ3) is 4.64. The van der Waals surface area contributed by atoms with Crippen LogP contribution in [0.2, 0.25) is 10.0 Å². The molecule has 0 radical (unpaired) electrons. The first-order valence-corrected chi connectivity index (χ1v) is 8.57. The lowest BCUT2D eigenvalue weighted by atomic mass is 10.2. The molecule has 0 aliphatic heterocycles. The van der Waals surface area contributed by atoms with Crippen molar-refractivity contribution in [3.63, 3.8) is 0 Å². The molecule has 27 heavy (non-hydrogen) atoms. The summed E-state index contributed by atoms with van der Waals surface area (Å²) in [5.74, 6) is -0.389. The molecule has 3 rings (SSSR count). The molecule has 0 aliphatic carbocycles. The number of nitrogens with zero attached hydrogens (tertiary/aromatic N) is 3. The van der Waals surface area contributed by atoms with Gasteiger partial charge in [0.05, 0.1) is 16.6 Å². The normalized spacial score (nSPS) is 10.5. The predicted octanol–water partition coefficient (Wildman–Crippen LogP) is 3.75. The monoisotopic (exact) mass is 404 g/mol. The van der Waals surface area contributed by atoms with Gasteiger partial charge in [0.1, 0.15) is 0 Å². The van der Waals surface area contributed by atoms with Crippen LogP contribution in [0.5, 0.6) is 0 Å². The molecule has 3 aromatic rings. The molecule has 0 fully saturated rings. The van der Waals surface area contributed by atoms with Crippen LogP contribution in [0.1, 0.15) is 10.5 Å². The number of benzene rings is 1. The Morgan fingerprint density at radius 2 is 1.85 bits per heavy atom. The average Bonchev–Trinajstić information content (AvgIpc) is 3.15. The van der Waals surface area contributed by atoms with Crippen molar-refractivity contribution in [1.82, 2.24) is 15.0 Å². The number of rotatable bonds is 5. The van der Waals surface area contributed by atoms with Crippen molar-refractivity contribution in [2.24, 2.45) is 0 Å². The van der Waals surface area contributed by atoms with Gasteiger partial charge in [0.2, 0.25) is 5.91 Å². The van der Waals surface area contributed by atoms with E-state index in [9.17, 15) is 9.59 Å². The van der Waals surface area contributed by atoms with Crippen LogP contribution in [0.25, 0.3) is 11.3 Å². The van der Waals surface area contributed by atoms with E-state index in [4.69, 9.17) is 27.7 Å². The van der Waals surface area contributed by atoms with Gasteiger partial charge in [-0.3, -0.25) is 14.6 Å². The number of halogens is 2. The maximum Gasteiger partial charge on any atom is 0.276 e. The molecule has 7 nitrogen and oxygen atoms in total. The predicted molar refractivity (Wildman–Crippen MR) is 102 cm³/mol. The Morgan fingerprint density at radius 1 is 1.11 bits per heavy atom. The number of aromatic nitrogens is 2. The van der Waals surface area contributed by atoms with Crippen LogP contribution >= 0.6 is 23.2 Å². The maximum atomic E-state index is 12.4. The number of anilines is 1. The van der Waals surface area contributed by atoms with E-state index in [2.05, 4.69) is 15.5 Å². The fourth-order valence-corrected chi connectivity index (χ4v) is 2.58. The Hall–Kier alpha value is -2.90. The van der Waals surface area contributed by atoms with Crippen LogP contribution in [0.3, 0.4) is 0 Å². The summed E-state index contributed by atoms with van der Waals surface area (Å²) in [6.07, 6.45) is 3.22. The minimum absolute atomic E-state index is 0.103. The number of carbonyl (C=O) groups excluding carboxylic acids is 2. The Balaban J connectivity index is 1.62. The van der Waals surface area contributed by atoms with Crippen molar-refractivity contribution >= 4 is 40.7 Å². The molecule has 0 bridgehead atoms. The fourth-order valence-electron chi connectivity index (χ4n) is 2.29. The van der Waals surface area contributed by atoms with Crippen molar-refractivity contribution in [3.05, 3.63) is 64.5 Å². The Morgan fingerprint density at radius 3 is 2.56 bits per heavy atom. The number of carbonyl (C=O) groups is 2. The van der Waals surface area contributed by atoms with Crippen LogP contribution < -0.4 is 5.32 Å². The summed E-state index contributed by atoms with van der Waals surface area (Å²) < 4.78 is 5.19. The van der Waals surface area contributed by atoms with Crippen LogP contribution in [0, 0.1) is 0 Å². The van der Waals surface area contributed by atoms with Gasteiger partial charge in [-0.2, -0.15) is 0 Å². The van der Waals surface area contributed by atoms with Crippen molar-refractivity contribution < 1.29 is 14.1 Å². The minimum atomic E-state index is -0.441. The molecular weight excluding hydrogens is 391 g/mol. The minimum Gasteiger partial charge on any atom is -0.355 e. The number of pyridine rings is 1. The topological polar surface area (TPSA) is 88.3 Å². The van der Waals surface area contributed by atoms with Gasteiger partial charge in [-0.15, -0.1) is 0 Å². The summed E-state index contributed by atoms with van der Waals surface area (Å²) in [5.41, 5.74) is 1.33. The SMILES string of the molecule is CN(CC(=O)Nc1ccc(Cl)c(Cl)c1)C(=O)c1cc(-c2ccncc2)on1. The van der Waals surface area contributed by atoms with Gasteiger partial charge in [-0.25, -0.2) is 0 Å². The Kier molecular flexibility index (Phi) is 5.73. The molecule has 0 unspecified atom stereocenters. The zero-order chi connectivity index (χ0) is 19.4. The molecule has 1 aromatic carbocycles. The largest absolute Gasteiger partial charge is 0.355 e. The second kappa shape index (κ2) is 8.20. The second-order valence-electron chi connectivity index (χ2n) is 5.65. The molecule has 0 atom stereocenters. The summed E-state index contributed by atoms with van der Waals surface area (Å²) in [6, 6.07) is 9.72. The molecule has 1 N–H and O–H groups in total. The highest BCUT2D eigenvalue weighted by atomic mass is 35.5. The van der Waals surface area contributed by atoms with Crippen molar-refractivity contribution in [3.8, 4) is 11.3 Å². The van der Waals surface area contributed by atoms with E-state index in [1.807, 2.05) is 0 Å². The summed E-state index contributed by atoms with van der Waals surface area (Å²) in [6.45, 7) is -0.170. The van der Waals surface area contributed by atoms with Crippen molar-refractivity contribution in [2.75, 3.05) is 18.9 Å². The third-order valence-corrected chi connectivity index (χ3v) is 4.36. The zero-order valence-electron chi connectivity index (χ0n) is 14.1. The number of likely N-dealkylation sites (N-methyl/N-ethyl adjacent to an activating group) is 1. The first-order valence-electron chi connectivity index (χ1n) is 7.81. The lowest BCUT2D eigenvalue weighted by molar-refractivity contribution is -0.116. The van der Waals surface area contributed by atoms with Crippen molar-refractivity contribution in [2.45, 2.75) is 0 Å². The lowest BCUT2D eigenvalue weighted by Crippen LogP contribution is -2.35. The molecule has 0 saturated heterocycles. The zero-order valence-corrected chi connectivity index (χ0v) is 15.7. The highest BCUT2D eigenvalue weighted by molar-refractivity contribution is 6.42. The quantitative estimate of drug-likeness (QED) is 0.699. The lowest BCUT2D eigenvalue weighted by Gasteiger charge is -2.15. The first kappa shape index (κ1) is 18.9. The van der Waals surface area contributed by atoms with Crippen molar-refractivity contribution in [1.29, 1.82) is 0 Å². The van der Waals surface area contributed by atoms with E-state index < -0.39 is 5.91 Å². The Labute approximate surface area is 164 Å². The number of nitrogens with one attached hydrogen (secondary N) is 1. The molecule has 138 valence electrons. The van der Waals surface area contributed by atoms with E-state index >= 15 is 0 Å². The van der Waals surface area contributed by atoms with E-state index in [1.54, 1.807) is 36.7 Å². The van der Waals surface area contributed by atoms with Crippen LogP contribution in [-0.2, 0) is 4.79 Å². The van der Waals surface area contributed by atoms with E-state index in [1.165, 1.54) is 24.1 Å². The van der Waals surface area contributed by atoms with Gasteiger partial charge in [0, 0.05) is 36.8 Å². The highest BCUT2D eigenvalue weighted by Gasteiger charge is 2.20. The molecule has 0 aliphatic rings. The van der Waals surface area contributed by atoms with Crippen LogP contribution in [-0.4, -0.2) is 40.4 Å². The summed E-state index contributed by atoms with van der Waals surface area (Å²) in [4.78, 5) is 29.8. The van der Waals surface area contributed by atoms with E-state index in [-0.39, 0.29) is 18.1 Å². The number of amides is 2. The standard InChI is InChI=1S/C18H14Cl2N4O3/c1-24(10-17(25)22-12-2-3-13(19)14(20)8-12)18(26)15-9-16(27-23-15)11-4-6-21-7-5-11/h2-9H,10H2,1H3,(H,22,25). The highest BCUT2D eigenvalue weighted by Crippen LogP contribution is 2.25. The molecule has 9 heteroatoms. The summed E-state index contributed by atoms with van der Waals surface area (Å²) >= 11 is 11.8. The first-order chi connectivity index (χ1) is 12.9. The Bertz CT molecular complexity index is 976. The van der Waals surface area contributed by atoms with Gasteiger partial charge in [0.25, 0.3) is 5.91 Å². The average molecular weight is 405 g/mol. The van der Waals surface area contributed by atoms with Gasteiger partial charge in [-0.05, 0) is 30.3 Å². The molecule has 0 saturated carbocycles. The van der Waals surface area contributed by atoms with Crippen LogP contribution in [0.4, 0.5) is 5.69 Å². The van der Waals surface area contributed by atoms with Gasteiger partial charge in [-0.1, -0.05) is 28.4 Å². The number of hydrogen-bond acceptors (Lipinski definition) is 5. The smallest absolute Gasteiger partial charge is 0.276 e. The second-order valence-corrected chi connectivity index (χ2v) is 6.46. The fraction of sp³-hybridized carbons (Fsp3) is 0.111. The van der Waals surface area contributed by atoms with E-state index in [0.29, 0.717) is 21.5 Å². The molecular formula is C18H14Cl2N4O3. The molecule has 0 spiro atoms. The maximum absolute atomic E-state index is 12.4. The summed E-state index contributed by atoms with van der Waals surface area (Å²) in [7, 11) is 1.50. The molecule has 2 heterocycles. The van der Waals surface area contributed by atoms with Crippen LogP contribution in [0.15, 0.2) is 53.3 Å². The van der Waals surface area contributed by atoms with Gasteiger partial charge in [0.15, 0.2) is 11.5 Å². The third-order valence-electron chi connectivity index (χ3n) is 3.62. The summed E-state index contributed by atoms with van der Waals surface area (Å²) in [5, 5.41) is 7.14. The number of hydrogen-bond donors (Lipinski definition) is 1. The van der Waals surface area contributed by atoms with E-state index in [0.717, 1.165) is 5.56 Å². The van der Waals surface area contributed by atoms with Gasteiger partial charge >= 0.3 is 0 Å². The molecule has 2 amide bonds.